The summed E-state index contributed by atoms with van der Waals surface area (Å²) in [4.78, 5) is 11.7. The van der Waals surface area contributed by atoms with Gasteiger partial charge in [0.05, 0.1) is 11.8 Å². The van der Waals surface area contributed by atoms with Gasteiger partial charge in [0.25, 0.3) is 0 Å². The number of carbonyl (C=O) groups excluding carboxylic acids is 1. The van der Waals surface area contributed by atoms with E-state index in [2.05, 4.69) is 26.0 Å². The van der Waals surface area contributed by atoms with Crippen molar-refractivity contribution in [1.82, 2.24) is 0 Å². The summed E-state index contributed by atoms with van der Waals surface area (Å²) >= 11 is 0. The monoisotopic (exact) mass is 280 g/mol. The van der Waals surface area contributed by atoms with Crippen molar-refractivity contribution in [2.24, 2.45) is 5.92 Å². The molecule has 0 saturated carbocycles. The molecule has 0 saturated heterocycles. The lowest BCUT2D eigenvalue weighted by Gasteiger charge is -2.04. The van der Waals surface area contributed by atoms with Crippen molar-refractivity contribution in [2.75, 3.05) is 0 Å². The lowest BCUT2D eigenvalue weighted by Crippen LogP contribution is -1.99. The first-order chi connectivity index (χ1) is 10.1. The van der Waals surface area contributed by atoms with Crippen LogP contribution in [0.25, 0.3) is 6.08 Å². The van der Waals surface area contributed by atoms with Crippen LogP contribution < -0.4 is 0 Å². The van der Waals surface area contributed by atoms with Gasteiger partial charge in [0, 0.05) is 0 Å². The van der Waals surface area contributed by atoms with Gasteiger partial charge >= 0.3 is 5.97 Å². The Hall–Kier alpha value is -2.35. The summed E-state index contributed by atoms with van der Waals surface area (Å²) in [5.41, 5.74) is 2.89. The van der Waals surface area contributed by atoms with Gasteiger partial charge < -0.3 is 4.74 Å². The molecule has 2 heteroatoms. The van der Waals surface area contributed by atoms with E-state index in [0.29, 0.717) is 11.5 Å². The lowest BCUT2D eigenvalue weighted by atomic mass is 10.0. The van der Waals surface area contributed by atoms with Crippen LogP contribution in [0.2, 0.25) is 0 Å². The Kier molecular flexibility index (Phi) is 5.33. The van der Waals surface area contributed by atoms with Gasteiger partial charge in [0.1, 0.15) is 0 Å². The van der Waals surface area contributed by atoms with Gasteiger partial charge in [-0.25, -0.2) is 4.79 Å². The second-order valence-corrected chi connectivity index (χ2v) is 5.41. The van der Waals surface area contributed by atoms with Crippen molar-refractivity contribution < 1.29 is 9.53 Å². The Morgan fingerprint density at radius 3 is 2.33 bits per heavy atom. The van der Waals surface area contributed by atoms with Gasteiger partial charge in [0.15, 0.2) is 0 Å². The highest BCUT2D eigenvalue weighted by Crippen LogP contribution is 2.11. The molecular formula is C19H20O2. The SMILES string of the molecule is CC(C)Cc1ccc(C=COC(=O)c2ccccc2)cc1. The van der Waals surface area contributed by atoms with E-state index in [9.17, 15) is 4.79 Å². The van der Waals surface area contributed by atoms with Crippen LogP contribution >= 0.6 is 0 Å². The van der Waals surface area contributed by atoms with Crippen molar-refractivity contribution in [1.29, 1.82) is 0 Å². The molecule has 0 aromatic heterocycles. The van der Waals surface area contributed by atoms with Crippen LogP contribution in [0.1, 0.15) is 35.3 Å². The molecule has 0 heterocycles. The average molecular weight is 280 g/mol. The molecule has 2 nitrogen and oxygen atoms in total. The molecule has 0 atom stereocenters. The van der Waals surface area contributed by atoms with Crippen molar-refractivity contribution in [3.05, 3.63) is 77.5 Å². The van der Waals surface area contributed by atoms with E-state index >= 15 is 0 Å². The van der Waals surface area contributed by atoms with Crippen LogP contribution in [-0.2, 0) is 11.2 Å². The second kappa shape index (κ2) is 7.44. The Balaban J connectivity index is 1.91. The minimum atomic E-state index is -0.344. The molecule has 0 fully saturated rings. The van der Waals surface area contributed by atoms with Crippen molar-refractivity contribution in [2.45, 2.75) is 20.3 Å². The first-order valence-electron chi connectivity index (χ1n) is 7.16. The number of rotatable bonds is 5. The molecule has 0 amide bonds. The Bertz CT molecular complexity index is 595. The zero-order chi connectivity index (χ0) is 15.1. The summed E-state index contributed by atoms with van der Waals surface area (Å²) in [6, 6.07) is 17.2. The molecule has 108 valence electrons. The quantitative estimate of drug-likeness (QED) is 0.585. The number of esters is 1. The fourth-order valence-corrected chi connectivity index (χ4v) is 2.05. The molecule has 0 bridgehead atoms. The maximum absolute atomic E-state index is 11.7. The Morgan fingerprint density at radius 2 is 1.71 bits per heavy atom. The first kappa shape index (κ1) is 15.0. The van der Waals surface area contributed by atoms with Gasteiger partial charge in [-0.15, -0.1) is 0 Å². The highest BCUT2D eigenvalue weighted by atomic mass is 16.5. The van der Waals surface area contributed by atoms with Crippen molar-refractivity contribution >= 4 is 12.0 Å². The van der Waals surface area contributed by atoms with Gasteiger partial charge in [-0.2, -0.15) is 0 Å². The predicted molar refractivity (Wildman–Crippen MR) is 85.9 cm³/mol. The summed E-state index contributed by atoms with van der Waals surface area (Å²) in [6.07, 6.45) is 4.31. The maximum atomic E-state index is 11.7. The average Bonchev–Trinajstić information content (AvgIpc) is 2.49. The third-order valence-corrected chi connectivity index (χ3v) is 3.07. The fraction of sp³-hybridized carbons (Fsp3) is 0.211. The van der Waals surface area contributed by atoms with E-state index < -0.39 is 0 Å². The van der Waals surface area contributed by atoms with Crippen molar-refractivity contribution in [3.8, 4) is 0 Å². The Morgan fingerprint density at radius 1 is 1.05 bits per heavy atom. The van der Waals surface area contributed by atoms with E-state index in [4.69, 9.17) is 4.74 Å². The molecule has 21 heavy (non-hydrogen) atoms. The summed E-state index contributed by atoms with van der Waals surface area (Å²) in [5, 5.41) is 0. The van der Waals surface area contributed by atoms with E-state index in [0.717, 1.165) is 12.0 Å². The summed E-state index contributed by atoms with van der Waals surface area (Å²) in [7, 11) is 0. The van der Waals surface area contributed by atoms with Crippen LogP contribution in [0, 0.1) is 5.92 Å². The molecule has 0 aliphatic carbocycles. The van der Waals surface area contributed by atoms with Gasteiger partial charge in [0.2, 0.25) is 0 Å². The standard InChI is InChI=1S/C19H20O2/c1-15(2)14-17-10-8-16(9-11-17)12-13-21-19(20)18-6-4-3-5-7-18/h3-13,15H,14H2,1-2H3. The third-order valence-electron chi connectivity index (χ3n) is 3.07. The van der Waals surface area contributed by atoms with Crippen LogP contribution in [0.15, 0.2) is 60.9 Å². The minimum Gasteiger partial charge on any atom is -0.431 e. The lowest BCUT2D eigenvalue weighted by molar-refractivity contribution is 0.0665. The molecule has 0 spiro atoms. The summed E-state index contributed by atoms with van der Waals surface area (Å²) in [5.74, 6) is 0.307. The molecular weight excluding hydrogens is 260 g/mol. The molecule has 0 aliphatic heterocycles. The molecule has 2 rings (SSSR count). The van der Waals surface area contributed by atoms with Crippen LogP contribution in [0.3, 0.4) is 0 Å². The topological polar surface area (TPSA) is 26.3 Å². The van der Waals surface area contributed by atoms with Crippen LogP contribution in [0.5, 0.6) is 0 Å². The minimum absolute atomic E-state index is 0.344. The third kappa shape index (κ3) is 4.92. The number of carbonyl (C=O) groups is 1. The van der Waals surface area contributed by atoms with E-state index in [-0.39, 0.29) is 5.97 Å². The highest BCUT2D eigenvalue weighted by molar-refractivity contribution is 5.89. The van der Waals surface area contributed by atoms with Crippen LogP contribution in [0.4, 0.5) is 0 Å². The van der Waals surface area contributed by atoms with E-state index in [1.807, 2.05) is 30.3 Å². The smallest absolute Gasteiger partial charge is 0.342 e. The maximum Gasteiger partial charge on any atom is 0.342 e. The predicted octanol–water partition coefficient (Wildman–Crippen LogP) is 4.71. The highest BCUT2D eigenvalue weighted by Gasteiger charge is 2.03. The number of hydrogen-bond acceptors (Lipinski definition) is 2. The van der Waals surface area contributed by atoms with Crippen LogP contribution in [-0.4, -0.2) is 5.97 Å². The molecule has 0 unspecified atom stereocenters. The second-order valence-electron chi connectivity index (χ2n) is 5.41. The van der Waals surface area contributed by atoms with Crippen molar-refractivity contribution in [3.63, 3.8) is 0 Å². The first-order valence-corrected chi connectivity index (χ1v) is 7.16. The molecule has 2 aromatic rings. The number of benzene rings is 2. The Labute approximate surface area is 126 Å². The van der Waals surface area contributed by atoms with Gasteiger partial charge in [-0.05, 0) is 41.7 Å². The van der Waals surface area contributed by atoms with E-state index in [1.165, 1.54) is 11.8 Å². The fourth-order valence-electron chi connectivity index (χ4n) is 2.05. The number of hydrogen-bond donors (Lipinski definition) is 0. The molecule has 0 radical (unpaired) electrons. The normalized spacial score (nSPS) is 11.0. The zero-order valence-electron chi connectivity index (χ0n) is 12.5. The van der Waals surface area contributed by atoms with Gasteiger partial charge in [-0.3, -0.25) is 0 Å². The molecule has 0 aliphatic rings. The number of ether oxygens (including phenoxy) is 1. The summed E-state index contributed by atoms with van der Waals surface area (Å²) in [6.45, 7) is 4.41. The largest absolute Gasteiger partial charge is 0.431 e. The van der Waals surface area contributed by atoms with E-state index in [1.54, 1.807) is 18.2 Å². The molecule has 0 N–H and O–H groups in total. The van der Waals surface area contributed by atoms with Gasteiger partial charge in [-0.1, -0.05) is 56.3 Å². The molecule has 2 aromatic carbocycles. The summed E-state index contributed by atoms with van der Waals surface area (Å²) < 4.78 is 5.11. The zero-order valence-corrected chi connectivity index (χ0v) is 12.5.